The van der Waals surface area contributed by atoms with Gasteiger partial charge in [0.25, 0.3) is 5.91 Å². The van der Waals surface area contributed by atoms with E-state index in [2.05, 4.69) is 25.9 Å². The van der Waals surface area contributed by atoms with E-state index < -0.39 is 11.7 Å². The number of carbonyl (C=O) groups excluding carboxylic acids is 2. The number of carbonyl (C=O) groups is 2. The van der Waals surface area contributed by atoms with E-state index >= 15 is 0 Å². The minimum atomic E-state index is -0.650. The minimum absolute atomic E-state index is 0.0393. The van der Waals surface area contributed by atoms with Crippen LogP contribution in [0, 0.1) is 5.82 Å². The molecule has 2 amide bonds. The fraction of sp³-hybridized carbons (Fsp3) is 0.310. The van der Waals surface area contributed by atoms with Crippen LogP contribution in [0.4, 0.5) is 33.2 Å². The second-order valence-corrected chi connectivity index (χ2v) is 9.85. The SMILES string of the molecule is CCN(C)CC(=O)N1CCCc2cc(OC)c(Nc3nc(Nc4cccc(F)c4C(=O)NC)c4cc[nH]c4[nH+]3)cc21. The highest BCUT2D eigenvalue weighted by molar-refractivity contribution is 6.01. The van der Waals surface area contributed by atoms with E-state index in [9.17, 15) is 14.0 Å². The predicted octanol–water partition coefficient (Wildman–Crippen LogP) is 3.60. The lowest BCUT2D eigenvalue weighted by Gasteiger charge is -2.31. The number of aryl methyl sites for hydroxylation is 1. The van der Waals surface area contributed by atoms with Gasteiger partial charge < -0.3 is 20.3 Å². The first-order valence-electron chi connectivity index (χ1n) is 13.5. The summed E-state index contributed by atoms with van der Waals surface area (Å²) in [5.41, 5.74) is 3.31. The number of aromatic amines is 2. The van der Waals surface area contributed by atoms with Crippen molar-refractivity contribution in [1.29, 1.82) is 0 Å². The summed E-state index contributed by atoms with van der Waals surface area (Å²) in [4.78, 5) is 40.5. The van der Waals surface area contributed by atoms with Crippen molar-refractivity contribution >= 4 is 51.7 Å². The molecule has 12 heteroatoms. The Morgan fingerprint density at radius 1 is 1.22 bits per heavy atom. The van der Waals surface area contributed by atoms with Gasteiger partial charge in [-0.05, 0) is 56.3 Å². The van der Waals surface area contributed by atoms with E-state index in [1.165, 1.54) is 19.2 Å². The highest BCUT2D eigenvalue weighted by atomic mass is 19.1. The number of amides is 2. The highest BCUT2D eigenvalue weighted by Crippen LogP contribution is 2.38. The molecule has 41 heavy (non-hydrogen) atoms. The second kappa shape index (κ2) is 11.8. The maximum atomic E-state index is 14.6. The molecule has 2 aromatic carbocycles. The second-order valence-electron chi connectivity index (χ2n) is 9.85. The van der Waals surface area contributed by atoms with E-state index in [4.69, 9.17) is 9.72 Å². The van der Waals surface area contributed by atoms with E-state index in [0.717, 1.165) is 30.6 Å². The first kappa shape index (κ1) is 27.8. The van der Waals surface area contributed by atoms with Crippen LogP contribution >= 0.6 is 0 Å². The van der Waals surface area contributed by atoms with Crippen LogP contribution in [0.3, 0.4) is 0 Å². The van der Waals surface area contributed by atoms with Crippen LogP contribution in [0.15, 0.2) is 42.6 Å². The number of hydrogen-bond acceptors (Lipinski definition) is 7. The third-order valence-corrected chi connectivity index (χ3v) is 7.21. The van der Waals surface area contributed by atoms with Gasteiger partial charge in [0.1, 0.15) is 11.5 Å². The van der Waals surface area contributed by atoms with Crippen molar-refractivity contribution in [3.8, 4) is 5.75 Å². The van der Waals surface area contributed by atoms with E-state index in [1.807, 2.05) is 42.0 Å². The van der Waals surface area contributed by atoms with Gasteiger partial charge in [0.05, 0.1) is 36.0 Å². The largest absolute Gasteiger partial charge is 0.493 e. The molecule has 3 heterocycles. The van der Waals surface area contributed by atoms with Crippen molar-refractivity contribution in [3.05, 3.63) is 59.5 Å². The molecule has 2 aromatic heterocycles. The van der Waals surface area contributed by atoms with Crippen LogP contribution in [-0.2, 0) is 11.2 Å². The third kappa shape index (κ3) is 5.64. The zero-order chi connectivity index (χ0) is 29.1. The van der Waals surface area contributed by atoms with E-state index in [1.54, 1.807) is 19.4 Å². The third-order valence-electron chi connectivity index (χ3n) is 7.21. The average Bonchev–Trinajstić information content (AvgIpc) is 3.45. The van der Waals surface area contributed by atoms with Gasteiger partial charge in [-0.15, -0.1) is 0 Å². The summed E-state index contributed by atoms with van der Waals surface area (Å²) in [6.45, 7) is 3.77. The number of anilines is 5. The van der Waals surface area contributed by atoms with Crippen LogP contribution in [0.2, 0.25) is 0 Å². The van der Waals surface area contributed by atoms with Crippen molar-refractivity contribution in [2.45, 2.75) is 19.8 Å². The van der Waals surface area contributed by atoms with Gasteiger partial charge in [-0.3, -0.25) is 24.8 Å². The van der Waals surface area contributed by atoms with Gasteiger partial charge in [-0.25, -0.2) is 9.37 Å². The van der Waals surface area contributed by atoms with Crippen molar-refractivity contribution in [2.75, 3.05) is 56.4 Å². The summed E-state index contributed by atoms with van der Waals surface area (Å²) >= 11 is 0. The molecule has 0 aliphatic carbocycles. The summed E-state index contributed by atoms with van der Waals surface area (Å²) in [5, 5.41) is 9.61. The number of hydrogen-bond donors (Lipinski definition) is 4. The summed E-state index contributed by atoms with van der Waals surface area (Å²) in [7, 11) is 4.97. The molecule has 1 aliphatic heterocycles. The Morgan fingerprint density at radius 3 is 2.80 bits per heavy atom. The molecule has 11 nitrogen and oxygen atoms in total. The Balaban J connectivity index is 1.52. The van der Waals surface area contributed by atoms with Crippen LogP contribution < -0.4 is 30.6 Å². The van der Waals surface area contributed by atoms with Gasteiger partial charge in [0, 0.05) is 25.9 Å². The van der Waals surface area contributed by atoms with Crippen molar-refractivity contribution in [3.63, 3.8) is 0 Å². The predicted molar refractivity (Wildman–Crippen MR) is 156 cm³/mol. The molecule has 0 radical (unpaired) electrons. The molecule has 0 bridgehead atoms. The van der Waals surface area contributed by atoms with Gasteiger partial charge in [0.15, 0.2) is 5.75 Å². The lowest BCUT2D eigenvalue weighted by atomic mass is 10.00. The van der Waals surface area contributed by atoms with E-state index in [0.29, 0.717) is 47.3 Å². The number of halogens is 1. The number of H-pyrrole nitrogens is 2. The zero-order valence-electron chi connectivity index (χ0n) is 23.5. The van der Waals surface area contributed by atoms with Gasteiger partial charge in [0.2, 0.25) is 17.4 Å². The molecule has 0 unspecified atom stereocenters. The fourth-order valence-electron chi connectivity index (χ4n) is 4.95. The van der Waals surface area contributed by atoms with Crippen LogP contribution in [-0.4, -0.2) is 67.5 Å². The molecule has 0 atom stereocenters. The lowest BCUT2D eigenvalue weighted by Crippen LogP contribution is -2.41. The Hall–Kier alpha value is -4.71. The number of benzene rings is 2. The molecular formula is C29H34FN8O3+. The average molecular weight is 562 g/mol. The summed E-state index contributed by atoms with van der Waals surface area (Å²) in [6, 6.07) is 10.1. The highest BCUT2D eigenvalue weighted by Gasteiger charge is 2.27. The summed E-state index contributed by atoms with van der Waals surface area (Å²) in [5.74, 6) is 0.195. The van der Waals surface area contributed by atoms with Crippen molar-refractivity contribution in [2.24, 2.45) is 0 Å². The number of nitrogens with zero attached hydrogens (tertiary/aromatic N) is 3. The number of rotatable bonds is 9. The molecule has 1 aliphatic rings. The molecular weight excluding hydrogens is 527 g/mol. The molecule has 0 saturated carbocycles. The van der Waals surface area contributed by atoms with Crippen LogP contribution in [0.25, 0.3) is 11.0 Å². The molecule has 5 N–H and O–H groups in total. The van der Waals surface area contributed by atoms with Crippen LogP contribution in [0.1, 0.15) is 29.3 Å². The lowest BCUT2D eigenvalue weighted by molar-refractivity contribution is -0.333. The Bertz CT molecular complexity index is 1600. The number of ether oxygens (including phenoxy) is 1. The summed E-state index contributed by atoms with van der Waals surface area (Å²) in [6.07, 6.45) is 3.46. The number of fused-ring (bicyclic) bond motifs is 2. The zero-order valence-corrected chi connectivity index (χ0v) is 23.5. The number of likely N-dealkylation sites (N-methyl/N-ethyl adjacent to an activating group) is 1. The fourth-order valence-corrected chi connectivity index (χ4v) is 4.95. The molecule has 4 aromatic rings. The first-order chi connectivity index (χ1) is 19.8. The topological polar surface area (TPSA) is 129 Å². The normalized spacial score (nSPS) is 12.8. The molecule has 5 rings (SSSR count). The smallest absolute Gasteiger partial charge is 0.351 e. The number of methoxy groups -OCH3 is 1. The molecule has 0 fully saturated rings. The molecule has 214 valence electrons. The van der Waals surface area contributed by atoms with Gasteiger partial charge in [-0.1, -0.05) is 18.0 Å². The van der Waals surface area contributed by atoms with Crippen molar-refractivity contribution < 1.29 is 23.7 Å². The minimum Gasteiger partial charge on any atom is -0.493 e. The van der Waals surface area contributed by atoms with Crippen LogP contribution in [0.5, 0.6) is 5.75 Å². The maximum Gasteiger partial charge on any atom is 0.351 e. The Kier molecular flexibility index (Phi) is 8.02. The van der Waals surface area contributed by atoms with E-state index in [-0.39, 0.29) is 17.2 Å². The molecule has 0 saturated heterocycles. The Morgan fingerprint density at radius 2 is 2.05 bits per heavy atom. The number of nitrogens with one attached hydrogen (secondary N) is 5. The van der Waals surface area contributed by atoms with Gasteiger partial charge in [-0.2, -0.15) is 0 Å². The number of aromatic nitrogens is 3. The first-order valence-corrected chi connectivity index (χ1v) is 13.5. The standard InChI is InChI=1S/C29H33FN8O3/c1-5-37(3)16-24(39)38-13-7-8-17-14-23(41-4)21(15-22(17)38)34-29-35-26-18(11-12-32-26)27(36-29)33-20-10-6-9-19(30)25(20)28(40)31-2/h6,9-12,14-15H,5,7-8,13,16H2,1-4H3,(H,31,40)(H3,32,33,34,35,36)/p+1. The van der Waals surface area contributed by atoms with Crippen molar-refractivity contribution in [1.82, 2.24) is 20.2 Å². The monoisotopic (exact) mass is 561 g/mol. The maximum absolute atomic E-state index is 14.6. The summed E-state index contributed by atoms with van der Waals surface area (Å²) < 4.78 is 20.3. The van der Waals surface area contributed by atoms with Gasteiger partial charge >= 0.3 is 5.95 Å². The quantitative estimate of drug-likeness (QED) is 0.246. The Labute approximate surface area is 237 Å². The molecule has 0 spiro atoms.